The Morgan fingerprint density at radius 1 is 1.00 bits per heavy atom. The Morgan fingerprint density at radius 2 is 1.70 bits per heavy atom. The maximum Gasteiger partial charge on any atom is 0.418 e. The lowest BCUT2D eigenvalue weighted by atomic mass is 10.1. The third-order valence-electron chi connectivity index (χ3n) is 4.35. The van der Waals surface area contributed by atoms with E-state index in [1.165, 1.54) is 29.4 Å². The summed E-state index contributed by atoms with van der Waals surface area (Å²) in [6.07, 6.45) is -3.18. The van der Waals surface area contributed by atoms with Crippen molar-refractivity contribution in [3.05, 3.63) is 89.4 Å². The zero-order valence-corrected chi connectivity index (χ0v) is 16.1. The molecule has 2 aromatic carbocycles. The van der Waals surface area contributed by atoms with E-state index in [2.05, 4.69) is 5.32 Å². The van der Waals surface area contributed by atoms with Gasteiger partial charge in [0.15, 0.2) is 0 Å². The number of carbonyl (C=O) groups is 2. The number of halogens is 3. The van der Waals surface area contributed by atoms with E-state index < -0.39 is 30.1 Å². The van der Waals surface area contributed by atoms with Gasteiger partial charge in [-0.25, -0.2) is 0 Å². The van der Waals surface area contributed by atoms with Gasteiger partial charge in [-0.3, -0.25) is 9.59 Å². The highest BCUT2D eigenvalue weighted by Crippen LogP contribution is 2.34. The van der Waals surface area contributed by atoms with Crippen LogP contribution in [0.3, 0.4) is 0 Å². The molecule has 1 heterocycles. The molecule has 1 aromatic heterocycles. The smallest absolute Gasteiger partial charge is 0.418 e. The van der Waals surface area contributed by atoms with Gasteiger partial charge in [0.05, 0.1) is 24.1 Å². The van der Waals surface area contributed by atoms with E-state index in [4.69, 9.17) is 4.42 Å². The molecule has 0 saturated carbocycles. The standard InChI is InChI=1S/C22H19F3N2O3/c1-15-8-10-16(11-9-15)21(29)27(13-17-5-4-12-30-17)14-20(28)26-19-7-3-2-6-18(19)22(23,24)25/h2-12H,13-14H2,1H3,(H,26,28). The Kier molecular flexibility index (Phi) is 6.25. The van der Waals surface area contributed by atoms with Crippen LogP contribution in [0.2, 0.25) is 0 Å². The maximum atomic E-state index is 13.2. The Hall–Kier alpha value is -3.55. The van der Waals surface area contributed by atoms with E-state index in [0.29, 0.717) is 11.3 Å². The lowest BCUT2D eigenvalue weighted by Gasteiger charge is -2.22. The van der Waals surface area contributed by atoms with Crippen LogP contribution >= 0.6 is 0 Å². The first kappa shape index (κ1) is 21.2. The highest BCUT2D eigenvalue weighted by Gasteiger charge is 2.33. The summed E-state index contributed by atoms with van der Waals surface area (Å²) >= 11 is 0. The number of nitrogens with one attached hydrogen (secondary N) is 1. The lowest BCUT2D eigenvalue weighted by molar-refractivity contribution is -0.137. The number of furan rings is 1. The van der Waals surface area contributed by atoms with Crippen molar-refractivity contribution in [2.24, 2.45) is 0 Å². The van der Waals surface area contributed by atoms with Crippen LogP contribution < -0.4 is 5.32 Å². The van der Waals surface area contributed by atoms with Gasteiger partial charge in [0.1, 0.15) is 12.3 Å². The monoisotopic (exact) mass is 416 g/mol. The molecule has 0 aliphatic carbocycles. The van der Waals surface area contributed by atoms with Crippen molar-refractivity contribution in [2.45, 2.75) is 19.6 Å². The van der Waals surface area contributed by atoms with Gasteiger partial charge in [-0.1, -0.05) is 29.8 Å². The number of nitrogens with zero attached hydrogens (tertiary/aromatic N) is 1. The fourth-order valence-electron chi connectivity index (χ4n) is 2.87. The summed E-state index contributed by atoms with van der Waals surface area (Å²) in [4.78, 5) is 26.7. The van der Waals surface area contributed by atoms with Crippen molar-refractivity contribution in [1.29, 1.82) is 0 Å². The van der Waals surface area contributed by atoms with Crippen molar-refractivity contribution in [2.75, 3.05) is 11.9 Å². The third kappa shape index (κ3) is 5.28. The van der Waals surface area contributed by atoms with Crippen molar-refractivity contribution in [3.8, 4) is 0 Å². The third-order valence-corrected chi connectivity index (χ3v) is 4.35. The number of rotatable bonds is 6. The number of benzene rings is 2. The molecule has 1 N–H and O–H groups in total. The zero-order valence-electron chi connectivity index (χ0n) is 16.1. The van der Waals surface area contributed by atoms with Gasteiger partial charge in [-0.2, -0.15) is 13.2 Å². The molecular formula is C22H19F3N2O3. The van der Waals surface area contributed by atoms with Crippen LogP contribution in [-0.2, 0) is 17.5 Å². The first-order valence-electron chi connectivity index (χ1n) is 9.08. The number of amides is 2. The number of hydrogen-bond donors (Lipinski definition) is 1. The second kappa shape index (κ2) is 8.86. The molecule has 0 spiro atoms. The Bertz CT molecular complexity index is 1010. The topological polar surface area (TPSA) is 62.6 Å². The molecule has 30 heavy (non-hydrogen) atoms. The molecule has 2 amide bonds. The number of aryl methyl sites for hydroxylation is 1. The number of carbonyl (C=O) groups excluding carboxylic acids is 2. The summed E-state index contributed by atoms with van der Waals surface area (Å²) in [5, 5.41) is 2.26. The molecule has 156 valence electrons. The van der Waals surface area contributed by atoms with Crippen molar-refractivity contribution in [1.82, 2.24) is 4.90 Å². The van der Waals surface area contributed by atoms with Crippen LogP contribution in [0.5, 0.6) is 0 Å². The summed E-state index contributed by atoms with van der Waals surface area (Å²) in [5.41, 5.74) is -0.00203. The Balaban J connectivity index is 1.80. The normalized spacial score (nSPS) is 11.2. The van der Waals surface area contributed by atoms with E-state index in [-0.39, 0.29) is 12.2 Å². The summed E-state index contributed by atoms with van der Waals surface area (Å²) in [5.74, 6) is -0.747. The van der Waals surface area contributed by atoms with Crippen molar-refractivity contribution in [3.63, 3.8) is 0 Å². The minimum Gasteiger partial charge on any atom is -0.467 e. The second-order valence-electron chi connectivity index (χ2n) is 6.70. The van der Waals surface area contributed by atoms with Crippen LogP contribution in [0.15, 0.2) is 71.3 Å². The van der Waals surface area contributed by atoms with E-state index in [9.17, 15) is 22.8 Å². The number of alkyl halides is 3. The Labute approximate surface area is 171 Å². The van der Waals surface area contributed by atoms with E-state index in [1.807, 2.05) is 6.92 Å². The fourth-order valence-corrected chi connectivity index (χ4v) is 2.87. The molecule has 0 unspecified atom stereocenters. The van der Waals surface area contributed by atoms with Gasteiger partial charge in [-0.05, 0) is 43.3 Å². The zero-order chi connectivity index (χ0) is 21.7. The van der Waals surface area contributed by atoms with Gasteiger partial charge in [0.25, 0.3) is 5.91 Å². The fraction of sp³-hybridized carbons (Fsp3) is 0.182. The Morgan fingerprint density at radius 3 is 2.33 bits per heavy atom. The predicted molar refractivity (Wildman–Crippen MR) is 105 cm³/mol. The summed E-state index contributed by atoms with van der Waals surface area (Å²) in [7, 11) is 0. The molecule has 0 saturated heterocycles. The average molecular weight is 416 g/mol. The molecular weight excluding hydrogens is 397 g/mol. The molecule has 0 atom stereocenters. The summed E-state index contributed by atoms with van der Waals surface area (Å²) < 4.78 is 44.8. The second-order valence-corrected chi connectivity index (χ2v) is 6.70. The molecule has 5 nitrogen and oxygen atoms in total. The van der Waals surface area contributed by atoms with Gasteiger partial charge in [-0.15, -0.1) is 0 Å². The SMILES string of the molecule is Cc1ccc(C(=O)N(CC(=O)Nc2ccccc2C(F)(F)F)Cc2ccco2)cc1. The molecule has 0 bridgehead atoms. The first-order chi connectivity index (χ1) is 14.2. The average Bonchev–Trinajstić information content (AvgIpc) is 3.20. The van der Waals surface area contributed by atoms with Crippen molar-refractivity contribution >= 4 is 17.5 Å². The van der Waals surface area contributed by atoms with Crippen LogP contribution in [0.1, 0.15) is 27.2 Å². The van der Waals surface area contributed by atoms with Crippen LogP contribution in [-0.4, -0.2) is 23.3 Å². The van der Waals surface area contributed by atoms with Gasteiger partial charge < -0.3 is 14.6 Å². The van der Waals surface area contributed by atoms with Gasteiger partial charge >= 0.3 is 6.18 Å². The van der Waals surface area contributed by atoms with Gasteiger partial charge in [0, 0.05) is 5.56 Å². The van der Waals surface area contributed by atoms with Crippen LogP contribution in [0, 0.1) is 6.92 Å². The molecule has 0 aliphatic rings. The lowest BCUT2D eigenvalue weighted by Crippen LogP contribution is -2.37. The predicted octanol–water partition coefficient (Wildman–Crippen LogP) is 4.89. The van der Waals surface area contributed by atoms with E-state index in [0.717, 1.165) is 11.6 Å². The quantitative estimate of drug-likeness (QED) is 0.623. The molecule has 0 fully saturated rings. The number of anilines is 1. The largest absolute Gasteiger partial charge is 0.467 e. The number of hydrogen-bond acceptors (Lipinski definition) is 3. The highest BCUT2D eigenvalue weighted by atomic mass is 19.4. The maximum absolute atomic E-state index is 13.2. The summed E-state index contributed by atoms with van der Waals surface area (Å²) in [6.45, 7) is 1.42. The first-order valence-corrected chi connectivity index (χ1v) is 9.08. The van der Waals surface area contributed by atoms with Crippen LogP contribution in [0.25, 0.3) is 0 Å². The van der Waals surface area contributed by atoms with Gasteiger partial charge in [0.2, 0.25) is 5.91 Å². The van der Waals surface area contributed by atoms with E-state index >= 15 is 0 Å². The minimum atomic E-state index is -4.62. The van der Waals surface area contributed by atoms with Crippen LogP contribution in [0.4, 0.5) is 18.9 Å². The van der Waals surface area contributed by atoms with Crippen molar-refractivity contribution < 1.29 is 27.2 Å². The number of para-hydroxylation sites is 1. The molecule has 3 rings (SSSR count). The highest BCUT2D eigenvalue weighted by molar-refractivity contribution is 5.99. The molecule has 0 radical (unpaired) electrons. The molecule has 8 heteroatoms. The summed E-state index contributed by atoms with van der Waals surface area (Å²) in [6, 6.07) is 14.7. The molecule has 3 aromatic rings. The molecule has 0 aliphatic heterocycles. The van der Waals surface area contributed by atoms with E-state index in [1.54, 1.807) is 36.4 Å². The minimum absolute atomic E-state index is 0.00591.